The van der Waals surface area contributed by atoms with Gasteiger partial charge in [0.2, 0.25) is 5.88 Å². The van der Waals surface area contributed by atoms with Crippen molar-refractivity contribution in [1.82, 2.24) is 4.98 Å². The molecule has 0 spiro atoms. The molecule has 6 nitrogen and oxygen atoms in total. The van der Waals surface area contributed by atoms with Crippen LogP contribution in [0.1, 0.15) is 37.3 Å². The van der Waals surface area contributed by atoms with Crippen molar-refractivity contribution in [2.24, 2.45) is 5.92 Å². The number of ether oxygens (including phenoxy) is 3. The minimum absolute atomic E-state index is 0.140. The van der Waals surface area contributed by atoms with Crippen molar-refractivity contribution >= 4 is 11.6 Å². The van der Waals surface area contributed by atoms with E-state index in [0.717, 1.165) is 20.1 Å². The molecule has 1 amide bonds. The molecule has 3 rings (SSSR count). The Morgan fingerprint density at radius 3 is 2.35 bits per heavy atom. The van der Waals surface area contributed by atoms with Gasteiger partial charge in [-0.15, -0.1) is 0 Å². The summed E-state index contributed by atoms with van der Waals surface area (Å²) in [4.78, 5) is 17.0. The third-order valence-electron chi connectivity index (χ3n) is 6.09. The van der Waals surface area contributed by atoms with Crippen LogP contribution in [0.3, 0.4) is 0 Å². The van der Waals surface area contributed by atoms with Gasteiger partial charge in [0.25, 0.3) is 12.3 Å². The van der Waals surface area contributed by atoms with Gasteiger partial charge in [0, 0.05) is 23.5 Å². The predicted molar refractivity (Wildman–Crippen MR) is 109 cm³/mol. The summed E-state index contributed by atoms with van der Waals surface area (Å²) < 4.78 is 98.4. The van der Waals surface area contributed by atoms with Crippen LogP contribution in [0, 0.1) is 11.7 Å². The van der Waals surface area contributed by atoms with Gasteiger partial charge >= 0.3 is 6.18 Å². The highest BCUT2D eigenvalue weighted by molar-refractivity contribution is 5.95. The first kappa shape index (κ1) is 25.6. The van der Waals surface area contributed by atoms with Gasteiger partial charge in [-0.25, -0.2) is 18.2 Å². The molecule has 1 aromatic carbocycles. The number of carbonyl (C=O) groups is 1. The second-order valence-corrected chi connectivity index (χ2v) is 7.92. The second kappa shape index (κ2) is 9.32. The Kier molecular flexibility index (Phi) is 7.02. The number of carbonyl (C=O) groups excluding carboxylic acids is 1. The minimum Gasteiger partial charge on any atom is -0.496 e. The maximum Gasteiger partial charge on any atom is 0.417 e. The topological polar surface area (TPSA) is 69.7 Å². The van der Waals surface area contributed by atoms with Crippen molar-refractivity contribution < 1.29 is 45.3 Å². The molecule has 0 unspecified atom stereocenters. The summed E-state index contributed by atoms with van der Waals surface area (Å²) in [6.07, 6.45) is -8.76. The maximum absolute atomic E-state index is 14.1. The van der Waals surface area contributed by atoms with Crippen molar-refractivity contribution in [2.45, 2.75) is 44.1 Å². The predicted octanol–water partition coefficient (Wildman–Crippen LogP) is 5.25. The Morgan fingerprint density at radius 1 is 1.18 bits per heavy atom. The van der Waals surface area contributed by atoms with E-state index in [1.807, 2.05) is 0 Å². The molecule has 0 radical (unpaired) electrons. The average Bonchev–Trinajstić information content (AvgIpc) is 3.05. The SMILES string of the molecule is COc1ccc(NC(=O)[C@@H]2O[C@@](C)(C(F)(F)F)[C@@H](C)[C@H]2c2ccc(F)c(C(F)F)c2OC)cn1. The van der Waals surface area contributed by atoms with Crippen LogP contribution in [0.15, 0.2) is 30.5 Å². The maximum atomic E-state index is 14.1. The highest BCUT2D eigenvalue weighted by Crippen LogP contribution is 2.55. The molecule has 1 aliphatic heterocycles. The number of halogens is 6. The number of nitrogens with one attached hydrogen (secondary N) is 1. The number of nitrogens with zero attached hydrogens (tertiary/aromatic N) is 1. The number of hydrogen-bond acceptors (Lipinski definition) is 5. The van der Waals surface area contributed by atoms with Crippen LogP contribution < -0.4 is 14.8 Å². The summed E-state index contributed by atoms with van der Waals surface area (Å²) in [6, 6.07) is 4.57. The minimum atomic E-state index is -4.90. The van der Waals surface area contributed by atoms with Crippen LogP contribution in [-0.4, -0.2) is 43.0 Å². The molecule has 1 aliphatic rings. The van der Waals surface area contributed by atoms with Gasteiger partial charge in [-0.1, -0.05) is 13.0 Å². The number of amides is 1. The van der Waals surface area contributed by atoms with Gasteiger partial charge < -0.3 is 19.5 Å². The van der Waals surface area contributed by atoms with Gasteiger partial charge in [-0.05, 0) is 19.1 Å². The fourth-order valence-electron chi connectivity index (χ4n) is 4.10. The number of aromatic nitrogens is 1. The van der Waals surface area contributed by atoms with E-state index in [-0.39, 0.29) is 17.1 Å². The summed E-state index contributed by atoms with van der Waals surface area (Å²) in [5, 5.41) is 2.42. The first-order valence-corrected chi connectivity index (χ1v) is 10.1. The van der Waals surface area contributed by atoms with Crippen LogP contribution in [0.5, 0.6) is 11.6 Å². The van der Waals surface area contributed by atoms with Crippen LogP contribution in [-0.2, 0) is 9.53 Å². The number of rotatable bonds is 6. The van der Waals surface area contributed by atoms with Crippen LogP contribution in [0.25, 0.3) is 0 Å². The van der Waals surface area contributed by atoms with E-state index < -0.39 is 59.2 Å². The summed E-state index contributed by atoms with van der Waals surface area (Å²) in [7, 11) is 2.37. The fourth-order valence-corrected chi connectivity index (χ4v) is 4.10. The zero-order chi connectivity index (χ0) is 25.4. The normalized spacial score (nSPS) is 24.9. The van der Waals surface area contributed by atoms with Gasteiger partial charge in [-0.2, -0.15) is 13.2 Å². The molecule has 0 aliphatic carbocycles. The molecule has 34 heavy (non-hydrogen) atoms. The number of pyridine rings is 1. The number of benzene rings is 1. The lowest BCUT2D eigenvalue weighted by atomic mass is 9.76. The van der Waals surface area contributed by atoms with E-state index in [1.54, 1.807) is 0 Å². The zero-order valence-corrected chi connectivity index (χ0v) is 18.5. The van der Waals surface area contributed by atoms with Gasteiger partial charge in [-0.3, -0.25) is 4.79 Å². The van der Waals surface area contributed by atoms with Gasteiger partial charge in [0.1, 0.15) is 17.7 Å². The molecule has 1 saturated heterocycles. The number of anilines is 1. The largest absolute Gasteiger partial charge is 0.496 e. The van der Waals surface area contributed by atoms with E-state index in [0.29, 0.717) is 6.07 Å². The highest BCUT2D eigenvalue weighted by Gasteiger charge is 2.65. The third-order valence-corrected chi connectivity index (χ3v) is 6.09. The molecular weight excluding hydrogens is 470 g/mol. The summed E-state index contributed by atoms with van der Waals surface area (Å²) in [6.45, 7) is 1.96. The zero-order valence-electron chi connectivity index (χ0n) is 18.5. The quantitative estimate of drug-likeness (QED) is 0.558. The van der Waals surface area contributed by atoms with Crippen molar-refractivity contribution in [2.75, 3.05) is 19.5 Å². The Morgan fingerprint density at radius 2 is 1.85 bits per heavy atom. The molecule has 2 heterocycles. The van der Waals surface area contributed by atoms with E-state index >= 15 is 0 Å². The molecule has 0 saturated carbocycles. The molecule has 0 bridgehead atoms. The summed E-state index contributed by atoms with van der Waals surface area (Å²) >= 11 is 0. The number of hydrogen-bond donors (Lipinski definition) is 1. The van der Waals surface area contributed by atoms with E-state index in [4.69, 9.17) is 14.2 Å². The fraction of sp³-hybridized carbons (Fsp3) is 0.455. The van der Waals surface area contributed by atoms with Crippen LogP contribution in [0.4, 0.5) is 32.0 Å². The lowest BCUT2D eigenvalue weighted by Crippen LogP contribution is -2.47. The molecule has 1 fully saturated rings. The highest BCUT2D eigenvalue weighted by atomic mass is 19.4. The molecule has 4 atom stereocenters. The third kappa shape index (κ3) is 4.38. The van der Waals surface area contributed by atoms with Crippen molar-refractivity contribution in [3.05, 3.63) is 47.4 Å². The molecule has 12 heteroatoms. The monoisotopic (exact) mass is 492 g/mol. The summed E-state index contributed by atoms with van der Waals surface area (Å²) in [5.41, 5.74) is -3.97. The Labute approximate surface area is 191 Å². The average molecular weight is 492 g/mol. The Balaban J connectivity index is 2.10. The molecule has 2 aromatic rings. The first-order valence-electron chi connectivity index (χ1n) is 10.1. The first-order chi connectivity index (χ1) is 15.9. The van der Waals surface area contributed by atoms with Gasteiger partial charge in [0.15, 0.2) is 5.60 Å². The standard InChI is InChI=1S/C22H22F6N2O4/c1-10-15(12-6-7-13(23)16(19(24)25)17(12)33-4)18(34-21(10,2)22(26,27)28)20(31)30-11-5-8-14(32-3)29-9-11/h5-10,15,18-19H,1-4H3,(H,30,31)/t10-,15-,18+,21+/m0/s1. The smallest absolute Gasteiger partial charge is 0.417 e. The van der Waals surface area contributed by atoms with Crippen molar-refractivity contribution in [3.8, 4) is 11.6 Å². The van der Waals surface area contributed by atoms with E-state index in [1.165, 1.54) is 32.4 Å². The van der Waals surface area contributed by atoms with Crippen LogP contribution in [0.2, 0.25) is 0 Å². The lowest BCUT2D eigenvalue weighted by molar-refractivity contribution is -0.272. The summed E-state index contributed by atoms with van der Waals surface area (Å²) in [5.74, 6) is -5.48. The molecule has 1 N–H and O–H groups in total. The Bertz CT molecular complexity index is 1050. The number of alkyl halides is 5. The van der Waals surface area contributed by atoms with E-state index in [2.05, 4.69) is 10.3 Å². The Hall–Kier alpha value is -3.02. The second-order valence-electron chi connectivity index (χ2n) is 7.92. The van der Waals surface area contributed by atoms with Gasteiger partial charge in [0.05, 0.1) is 31.7 Å². The number of methoxy groups -OCH3 is 2. The van der Waals surface area contributed by atoms with Crippen LogP contribution >= 0.6 is 0 Å². The molecule has 186 valence electrons. The van der Waals surface area contributed by atoms with Crippen molar-refractivity contribution in [1.29, 1.82) is 0 Å². The molecular formula is C22H22F6N2O4. The van der Waals surface area contributed by atoms with E-state index in [9.17, 15) is 31.1 Å². The molecule has 1 aromatic heterocycles. The van der Waals surface area contributed by atoms with Crippen molar-refractivity contribution in [3.63, 3.8) is 0 Å². The lowest BCUT2D eigenvalue weighted by Gasteiger charge is -2.32.